The molecule has 2 rings (SSSR count). The third-order valence-electron chi connectivity index (χ3n) is 3.56. The second-order valence-corrected chi connectivity index (χ2v) is 5.87. The Morgan fingerprint density at radius 2 is 2.12 bits per heavy atom. The van der Waals surface area contributed by atoms with Crippen molar-refractivity contribution < 1.29 is 9.18 Å². The van der Waals surface area contributed by atoms with Crippen LogP contribution in [0, 0.1) is 6.92 Å². The number of pyridine rings is 1. The van der Waals surface area contributed by atoms with Crippen molar-refractivity contribution in [3.05, 3.63) is 53.9 Å². The van der Waals surface area contributed by atoms with Gasteiger partial charge in [-0.15, -0.1) is 0 Å². The number of hydrogen-bond donors (Lipinski definition) is 1. The Morgan fingerprint density at radius 1 is 1.33 bits per heavy atom. The monoisotopic (exact) mass is 346 g/mol. The highest BCUT2D eigenvalue weighted by atomic mass is 35.5. The number of aryl methyl sites for hydroxylation is 1. The van der Waals surface area contributed by atoms with Crippen molar-refractivity contribution in [2.75, 3.05) is 12.0 Å². The SMILES string of the molecule is CCC/C=C(/Cl)c1cc(-c2cccc(NC(=O)CF)c2)cnc1C. The van der Waals surface area contributed by atoms with Crippen LogP contribution < -0.4 is 5.32 Å². The first kappa shape index (κ1) is 18.1. The number of rotatable bonds is 6. The fraction of sp³-hybridized carbons (Fsp3) is 0.263. The fourth-order valence-electron chi connectivity index (χ4n) is 2.28. The lowest BCUT2D eigenvalue weighted by atomic mass is 10.0. The van der Waals surface area contributed by atoms with Gasteiger partial charge in [0, 0.05) is 33.7 Å². The molecule has 126 valence electrons. The van der Waals surface area contributed by atoms with E-state index >= 15 is 0 Å². The summed E-state index contributed by atoms with van der Waals surface area (Å²) >= 11 is 6.39. The molecule has 2 aromatic rings. The van der Waals surface area contributed by atoms with Crippen molar-refractivity contribution in [1.29, 1.82) is 0 Å². The Bertz CT molecular complexity index is 759. The number of carbonyl (C=O) groups is 1. The van der Waals surface area contributed by atoms with Crippen LogP contribution in [-0.2, 0) is 4.79 Å². The third kappa shape index (κ3) is 4.65. The lowest BCUT2D eigenvalue weighted by Gasteiger charge is -2.10. The van der Waals surface area contributed by atoms with E-state index in [0.29, 0.717) is 10.7 Å². The van der Waals surface area contributed by atoms with Gasteiger partial charge in [0.2, 0.25) is 0 Å². The van der Waals surface area contributed by atoms with Gasteiger partial charge in [0.25, 0.3) is 5.91 Å². The molecular formula is C19H20ClFN2O. The van der Waals surface area contributed by atoms with Crippen LogP contribution in [0.4, 0.5) is 10.1 Å². The molecule has 0 aliphatic heterocycles. The summed E-state index contributed by atoms with van der Waals surface area (Å²) in [4.78, 5) is 15.6. The highest BCUT2D eigenvalue weighted by Crippen LogP contribution is 2.29. The summed E-state index contributed by atoms with van der Waals surface area (Å²) < 4.78 is 12.3. The number of amides is 1. The van der Waals surface area contributed by atoms with E-state index < -0.39 is 12.6 Å². The van der Waals surface area contributed by atoms with Gasteiger partial charge in [-0.05, 0) is 37.1 Å². The predicted molar refractivity (Wildman–Crippen MR) is 97.8 cm³/mol. The number of aromatic nitrogens is 1. The molecule has 3 nitrogen and oxygen atoms in total. The first-order valence-electron chi connectivity index (χ1n) is 7.84. The molecule has 1 heterocycles. The standard InChI is InChI=1S/C19H20ClFN2O/c1-3-4-8-18(20)17-10-15(12-22-13(17)2)14-6-5-7-16(9-14)23-19(24)11-21/h5-10,12H,3-4,11H2,1-2H3,(H,23,24)/b18-8+. The smallest absolute Gasteiger partial charge is 0.255 e. The summed E-state index contributed by atoms with van der Waals surface area (Å²) in [6.45, 7) is 2.97. The van der Waals surface area contributed by atoms with Crippen LogP contribution >= 0.6 is 11.6 Å². The summed E-state index contributed by atoms with van der Waals surface area (Å²) in [5.41, 5.74) is 4.05. The molecule has 0 atom stereocenters. The number of halogens is 2. The normalized spacial score (nSPS) is 11.4. The first-order chi connectivity index (χ1) is 11.5. The van der Waals surface area contributed by atoms with E-state index in [1.165, 1.54) is 0 Å². The number of anilines is 1. The summed E-state index contributed by atoms with van der Waals surface area (Å²) in [6, 6.07) is 9.19. The van der Waals surface area contributed by atoms with Crippen LogP contribution in [0.2, 0.25) is 0 Å². The van der Waals surface area contributed by atoms with Gasteiger partial charge in [-0.1, -0.05) is 43.2 Å². The molecule has 1 aromatic heterocycles. The second kappa shape index (κ2) is 8.60. The highest BCUT2D eigenvalue weighted by Gasteiger charge is 2.08. The molecule has 0 spiro atoms. The number of hydrogen-bond acceptors (Lipinski definition) is 2. The zero-order valence-electron chi connectivity index (χ0n) is 13.8. The maximum atomic E-state index is 12.3. The molecule has 24 heavy (non-hydrogen) atoms. The largest absolute Gasteiger partial charge is 0.324 e. The van der Waals surface area contributed by atoms with E-state index in [1.807, 2.05) is 25.1 Å². The van der Waals surface area contributed by atoms with E-state index in [-0.39, 0.29) is 0 Å². The first-order valence-corrected chi connectivity index (χ1v) is 8.22. The number of unbranched alkanes of at least 4 members (excludes halogenated alkanes) is 1. The van der Waals surface area contributed by atoms with Gasteiger partial charge in [-0.3, -0.25) is 9.78 Å². The van der Waals surface area contributed by atoms with Gasteiger partial charge in [0.15, 0.2) is 6.67 Å². The van der Waals surface area contributed by atoms with Gasteiger partial charge in [-0.25, -0.2) is 4.39 Å². The van der Waals surface area contributed by atoms with E-state index in [4.69, 9.17) is 11.6 Å². The minimum Gasteiger partial charge on any atom is -0.324 e. The average Bonchev–Trinajstić information content (AvgIpc) is 2.60. The van der Waals surface area contributed by atoms with Gasteiger partial charge < -0.3 is 5.32 Å². The zero-order chi connectivity index (χ0) is 17.5. The number of carbonyl (C=O) groups excluding carboxylic acids is 1. The molecular weight excluding hydrogens is 327 g/mol. The number of benzene rings is 1. The lowest BCUT2D eigenvalue weighted by Crippen LogP contribution is -2.12. The molecule has 0 aliphatic carbocycles. The highest BCUT2D eigenvalue weighted by molar-refractivity contribution is 6.48. The molecule has 0 saturated carbocycles. The summed E-state index contributed by atoms with van der Waals surface area (Å²) in [6.07, 6.45) is 5.69. The Morgan fingerprint density at radius 3 is 2.83 bits per heavy atom. The molecule has 0 fully saturated rings. The average molecular weight is 347 g/mol. The maximum Gasteiger partial charge on any atom is 0.255 e. The quantitative estimate of drug-likeness (QED) is 0.766. The second-order valence-electron chi connectivity index (χ2n) is 5.46. The van der Waals surface area contributed by atoms with Crippen LogP contribution in [-0.4, -0.2) is 17.6 Å². The molecule has 0 bridgehead atoms. The Labute approximate surface area is 146 Å². The molecule has 5 heteroatoms. The number of allylic oxidation sites excluding steroid dienone is 1. The van der Waals surface area contributed by atoms with Crippen molar-refractivity contribution in [2.45, 2.75) is 26.7 Å². The minimum absolute atomic E-state index is 0.546. The molecule has 0 unspecified atom stereocenters. The number of nitrogens with zero attached hydrogens (tertiary/aromatic N) is 1. The number of nitrogens with one attached hydrogen (secondary N) is 1. The van der Waals surface area contributed by atoms with E-state index in [0.717, 1.165) is 35.2 Å². The Kier molecular flexibility index (Phi) is 6.50. The molecule has 0 saturated heterocycles. The maximum absolute atomic E-state index is 12.3. The third-order valence-corrected chi connectivity index (χ3v) is 3.92. The zero-order valence-corrected chi connectivity index (χ0v) is 14.5. The molecule has 0 radical (unpaired) electrons. The molecule has 0 aliphatic rings. The van der Waals surface area contributed by atoms with Crippen LogP contribution in [0.25, 0.3) is 16.2 Å². The van der Waals surface area contributed by atoms with Crippen molar-refractivity contribution in [1.82, 2.24) is 4.98 Å². The van der Waals surface area contributed by atoms with Crippen LogP contribution in [0.3, 0.4) is 0 Å². The van der Waals surface area contributed by atoms with Gasteiger partial charge in [0.1, 0.15) is 0 Å². The van der Waals surface area contributed by atoms with E-state index in [1.54, 1.807) is 24.4 Å². The van der Waals surface area contributed by atoms with Gasteiger partial charge in [0.05, 0.1) is 0 Å². The van der Waals surface area contributed by atoms with Crippen LogP contribution in [0.5, 0.6) is 0 Å². The van der Waals surface area contributed by atoms with E-state index in [9.17, 15) is 9.18 Å². The summed E-state index contributed by atoms with van der Waals surface area (Å²) in [5, 5.41) is 3.19. The minimum atomic E-state index is -1.04. The number of alkyl halides is 1. The molecule has 1 N–H and O–H groups in total. The Hall–Kier alpha value is -2.20. The van der Waals surface area contributed by atoms with Crippen molar-refractivity contribution in [3.63, 3.8) is 0 Å². The summed E-state index contributed by atoms with van der Waals surface area (Å²) in [5.74, 6) is -0.666. The fourth-order valence-corrected chi connectivity index (χ4v) is 2.59. The van der Waals surface area contributed by atoms with Crippen LogP contribution in [0.15, 0.2) is 42.6 Å². The topological polar surface area (TPSA) is 42.0 Å². The van der Waals surface area contributed by atoms with Crippen molar-refractivity contribution in [3.8, 4) is 11.1 Å². The lowest BCUT2D eigenvalue weighted by molar-refractivity contribution is -0.117. The molecule has 1 aromatic carbocycles. The van der Waals surface area contributed by atoms with Crippen molar-refractivity contribution in [2.24, 2.45) is 0 Å². The predicted octanol–water partition coefficient (Wildman–Crippen LogP) is 5.34. The van der Waals surface area contributed by atoms with Crippen molar-refractivity contribution >= 4 is 28.2 Å². The van der Waals surface area contributed by atoms with Gasteiger partial charge in [-0.2, -0.15) is 0 Å². The summed E-state index contributed by atoms with van der Waals surface area (Å²) in [7, 11) is 0. The van der Waals surface area contributed by atoms with E-state index in [2.05, 4.69) is 17.2 Å². The van der Waals surface area contributed by atoms with Gasteiger partial charge >= 0.3 is 0 Å². The van der Waals surface area contributed by atoms with Crippen LogP contribution in [0.1, 0.15) is 31.0 Å². The molecule has 1 amide bonds. The Balaban J connectivity index is 2.36.